The molecule has 1 unspecified atom stereocenters. The molecule has 0 aliphatic carbocycles. The number of hydrogen-bond donors (Lipinski definition) is 1. The van der Waals surface area contributed by atoms with Gasteiger partial charge in [0, 0.05) is 0 Å². The fourth-order valence-corrected chi connectivity index (χ4v) is 1.37. The van der Waals surface area contributed by atoms with Gasteiger partial charge in [-0.05, 0) is 19.9 Å². The highest BCUT2D eigenvalue weighted by Gasteiger charge is 2.13. The first kappa shape index (κ1) is 11.1. The third kappa shape index (κ3) is 2.39. The Morgan fingerprint density at radius 2 is 2.35 bits per heavy atom. The van der Waals surface area contributed by atoms with Crippen LogP contribution < -0.4 is 5.32 Å². The average molecular weight is 229 g/mol. The van der Waals surface area contributed by atoms with Crippen LogP contribution in [0.4, 0.5) is 5.82 Å². The molecule has 0 fully saturated rings. The van der Waals surface area contributed by atoms with Crippen molar-refractivity contribution in [1.29, 1.82) is 5.26 Å². The molecule has 1 atom stereocenters. The van der Waals surface area contributed by atoms with Gasteiger partial charge in [0.25, 0.3) is 0 Å². The van der Waals surface area contributed by atoms with Crippen molar-refractivity contribution in [2.75, 3.05) is 5.32 Å². The van der Waals surface area contributed by atoms with Crippen molar-refractivity contribution in [3.63, 3.8) is 0 Å². The molecule has 2 heterocycles. The SMILES string of the molecule is Cc1cnc(C(C)Nc2nnccc2C#N)o1. The first-order valence-electron chi connectivity index (χ1n) is 5.11. The highest BCUT2D eigenvalue weighted by atomic mass is 16.4. The number of nitrogens with one attached hydrogen (secondary N) is 1. The number of nitriles is 1. The van der Waals surface area contributed by atoms with E-state index in [-0.39, 0.29) is 6.04 Å². The van der Waals surface area contributed by atoms with Gasteiger partial charge in [-0.3, -0.25) is 0 Å². The molecule has 1 N–H and O–H groups in total. The van der Waals surface area contributed by atoms with E-state index in [0.29, 0.717) is 17.3 Å². The maximum Gasteiger partial charge on any atom is 0.216 e. The Kier molecular flexibility index (Phi) is 3.01. The Labute approximate surface area is 98.3 Å². The van der Waals surface area contributed by atoms with Crippen LogP contribution in [-0.2, 0) is 0 Å². The molecule has 86 valence electrons. The number of nitrogens with zero attached hydrogens (tertiary/aromatic N) is 4. The smallest absolute Gasteiger partial charge is 0.216 e. The zero-order valence-electron chi connectivity index (χ0n) is 9.51. The fraction of sp³-hybridized carbons (Fsp3) is 0.273. The number of rotatable bonds is 3. The topological polar surface area (TPSA) is 87.6 Å². The predicted octanol–water partition coefficient (Wildman–Crippen LogP) is 1.82. The number of hydrogen-bond acceptors (Lipinski definition) is 6. The van der Waals surface area contributed by atoms with Crippen LogP contribution in [0.15, 0.2) is 22.9 Å². The summed E-state index contributed by atoms with van der Waals surface area (Å²) in [6, 6.07) is 3.47. The van der Waals surface area contributed by atoms with Crippen molar-refractivity contribution in [3.05, 3.63) is 35.7 Å². The molecule has 0 radical (unpaired) electrons. The Balaban J connectivity index is 2.19. The molecule has 0 saturated carbocycles. The van der Waals surface area contributed by atoms with Crippen LogP contribution in [0.3, 0.4) is 0 Å². The lowest BCUT2D eigenvalue weighted by Gasteiger charge is -2.10. The fourth-order valence-electron chi connectivity index (χ4n) is 1.37. The summed E-state index contributed by atoms with van der Waals surface area (Å²) in [6.45, 7) is 3.70. The second kappa shape index (κ2) is 4.61. The summed E-state index contributed by atoms with van der Waals surface area (Å²) in [5, 5.41) is 19.5. The molecule has 2 rings (SSSR count). The normalized spacial score (nSPS) is 11.8. The molecule has 0 aliphatic rings. The summed E-state index contributed by atoms with van der Waals surface area (Å²) in [5.41, 5.74) is 0.440. The van der Waals surface area contributed by atoms with Gasteiger partial charge in [0.1, 0.15) is 17.9 Å². The van der Waals surface area contributed by atoms with Crippen molar-refractivity contribution in [1.82, 2.24) is 15.2 Å². The lowest BCUT2D eigenvalue weighted by Crippen LogP contribution is -2.10. The van der Waals surface area contributed by atoms with Crippen LogP contribution in [-0.4, -0.2) is 15.2 Å². The van der Waals surface area contributed by atoms with E-state index in [1.54, 1.807) is 12.3 Å². The van der Waals surface area contributed by atoms with Gasteiger partial charge in [0.15, 0.2) is 5.82 Å². The molecule has 2 aromatic heterocycles. The summed E-state index contributed by atoms with van der Waals surface area (Å²) in [4.78, 5) is 4.11. The minimum atomic E-state index is -0.174. The van der Waals surface area contributed by atoms with Crippen LogP contribution in [0, 0.1) is 18.3 Å². The van der Waals surface area contributed by atoms with E-state index in [1.165, 1.54) is 6.20 Å². The lowest BCUT2D eigenvalue weighted by atomic mass is 10.2. The number of anilines is 1. The van der Waals surface area contributed by atoms with E-state index in [9.17, 15) is 0 Å². The number of aryl methyl sites for hydroxylation is 1. The van der Waals surface area contributed by atoms with Crippen molar-refractivity contribution >= 4 is 5.82 Å². The Hall–Kier alpha value is -2.42. The van der Waals surface area contributed by atoms with Gasteiger partial charge >= 0.3 is 0 Å². The Morgan fingerprint density at radius 1 is 1.53 bits per heavy atom. The zero-order valence-corrected chi connectivity index (χ0v) is 9.51. The second-order valence-electron chi connectivity index (χ2n) is 3.58. The zero-order chi connectivity index (χ0) is 12.3. The van der Waals surface area contributed by atoms with E-state index in [1.807, 2.05) is 19.9 Å². The molecule has 0 amide bonds. The molecular weight excluding hydrogens is 218 g/mol. The summed E-state index contributed by atoms with van der Waals surface area (Å²) in [7, 11) is 0. The summed E-state index contributed by atoms with van der Waals surface area (Å²) >= 11 is 0. The number of oxazole rings is 1. The van der Waals surface area contributed by atoms with Gasteiger partial charge in [-0.1, -0.05) is 0 Å². The van der Waals surface area contributed by atoms with E-state index in [0.717, 1.165) is 5.76 Å². The van der Waals surface area contributed by atoms with Crippen LogP contribution in [0.1, 0.15) is 30.2 Å². The van der Waals surface area contributed by atoms with Crippen molar-refractivity contribution in [2.24, 2.45) is 0 Å². The molecule has 2 aromatic rings. The summed E-state index contributed by atoms with van der Waals surface area (Å²) in [5.74, 6) is 1.73. The Morgan fingerprint density at radius 3 is 3.00 bits per heavy atom. The highest BCUT2D eigenvalue weighted by molar-refractivity contribution is 5.50. The Bertz CT molecular complexity index is 557. The van der Waals surface area contributed by atoms with Gasteiger partial charge in [-0.2, -0.15) is 10.4 Å². The maximum atomic E-state index is 8.91. The van der Waals surface area contributed by atoms with E-state index >= 15 is 0 Å². The quantitative estimate of drug-likeness (QED) is 0.863. The minimum Gasteiger partial charge on any atom is -0.444 e. The molecule has 0 bridgehead atoms. The van der Waals surface area contributed by atoms with Gasteiger partial charge < -0.3 is 9.73 Å². The van der Waals surface area contributed by atoms with Crippen LogP contribution in [0.25, 0.3) is 0 Å². The van der Waals surface area contributed by atoms with Gasteiger partial charge in [-0.25, -0.2) is 4.98 Å². The molecule has 6 heteroatoms. The second-order valence-corrected chi connectivity index (χ2v) is 3.58. The highest BCUT2D eigenvalue weighted by Crippen LogP contribution is 2.19. The molecule has 0 spiro atoms. The molecule has 0 saturated heterocycles. The van der Waals surface area contributed by atoms with Crippen LogP contribution >= 0.6 is 0 Å². The van der Waals surface area contributed by atoms with E-state index in [4.69, 9.17) is 9.68 Å². The first-order valence-corrected chi connectivity index (χ1v) is 5.11. The molecule has 17 heavy (non-hydrogen) atoms. The largest absolute Gasteiger partial charge is 0.444 e. The van der Waals surface area contributed by atoms with Crippen LogP contribution in [0.2, 0.25) is 0 Å². The minimum absolute atomic E-state index is 0.174. The van der Waals surface area contributed by atoms with Gasteiger partial charge in [0.05, 0.1) is 18.0 Å². The third-order valence-corrected chi connectivity index (χ3v) is 2.20. The van der Waals surface area contributed by atoms with Gasteiger partial charge in [-0.15, -0.1) is 5.10 Å². The monoisotopic (exact) mass is 229 g/mol. The summed E-state index contributed by atoms with van der Waals surface area (Å²) < 4.78 is 5.39. The van der Waals surface area contributed by atoms with E-state index < -0.39 is 0 Å². The molecule has 0 aliphatic heterocycles. The predicted molar refractivity (Wildman–Crippen MR) is 60.0 cm³/mol. The lowest BCUT2D eigenvalue weighted by molar-refractivity contribution is 0.453. The van der Waals surface area contributed by atoms with E-state index in [2.05, 4.69) is 20.5 Å². The maximum absolute atomic E-state index is 8.91. The number of aromatic nitrogens is 3. The third-order valence-electron chi connectivity index (χ3n) is 2.20. The average Bonchev–Trinajstić information content (AvgIpc) is 2.77. The first-order chi connectivity index (χ1) is 8.20. The van der Waals surface area contributed by atoms with Crippen molar-refractivity contribution in [3.8, 4) is 6.07 Å². The standard InChI is InChI=1S/C11H11N5O/c1-7-6-13-11(17-7)8(2)15-10-9(5-12)3-4-14-16-10/h3-4,6,8H,1-2H3,(H,15,16). The summed E-state index contributed by atoms with van der Waals surface area (Å²) in [6.07, 6.45) is 3.12. The van der Waals surface area contributed by atoms with Crippen molar-refractivity contribution in [2.45, 2.75) is 19.9 Å². The molecular formula is C11H11N5O. The van der Waals surface area contributed by atoms with Crippen LogP contribution in [0.5, 0.6) is 0 Å². The molecule has 0 aromatic carbocycles. The van der Waals surface area contributed by atoms with Gasteiger partial charge in [0.2, 0.25) is 5.89 Å². The van der Waals surface area contributed by atoms with Crippen molar-refractivity contribution < 1.29 is 4.42 Å². The molecule has 6 nitrogen and oxygen atoms in total.